The molecule has 0 saturated heterocycles. The van der Waals surface area contributed by atoms with E-state index in [4.69, 9.17) is 5.10 Å². The van der Waals surface area contributed by atoms with Crippen molar-refractivity contribution in [3.05, 3.63) is 87.4 Å². The third-order valence-corrected chi connectivity index (χ3v) is 8.12. The molecule has 1 atom stereocenters. The number of imidazole rings is 1. The van der Waals surface area contributed by atoms with Crippen molar-refractivity contribution in [3.8, 4) is 17.2 Å². The van der Waals surface area contributed by atoms with Crippen LogP contribution in [-0.2, 0) is 13.0 Å². The standard InChI is InChI=1S/C29H28F3N7O.ClH/c1-16-12-19(13-17(2)25(16)30)39-27(24-18(3)33-9-6-21(24)35-39)37-11-10-36(28(37)40)23-5-4-22-20(26(23)31)14-34-38(22)15-29(32)7-8-29;/h4-5,10-14,18,33H,6-9,15H2,1-3H3;1H/t18-;/m0./s1. The van der Waals surface area contributed by atoms with Crippen molar-refractivity contribution >= 4 is 23.3 Å². The molecule has 1 N–H and O–H groups in total. The van der Waals surface area contributed by atoms with Gasteiger partial charge in [0, 0.05) is 37.0 Å². The third-order valence-electron chi connectivity index (χ3n) is 8.12. The number of nitrogens with one attached hydrogen (secondary N) is 1. The van der Waals surface area contributed by atoms with Crippen LogP contribution in [-0.4, -0.2) is 40.9 Å². The Morgan fingerprint density at radius 1 is 1.07 bits per heavy atom. The first-order valence-corrected chi connectivity index (χ1v) is 13.4. The van der Waals surface area contributed by atoms with E-state index < -0.39 is 17.2 Å². The molecule has 2 aromatic carbocycles. The van der Waals surface area contributed by atoms with Gasteiger partial charge in [0.25, 0.3) is 0 Å². The summed E-state index contributed by atoms with van der Waals surface area (Å²) in [6, 6.07) is 6.51. The summed E-state index contributed by atoms with van der Waals surface area (Å²) in [5.41, 5.74) is 2.08. The molecular weight excluding hydrogens is 555 g/mol. The first-order valence-electron chi connectivity index (χ1n) is 13.4. The topological polar surface area (TPSA) is 74.6 Å². The van der Waals surface area contributed by atoms with Crippen molar-refractivity contribution in [1.82, 2.24) is 34.0 Å². The van der Waals surface area contributed by atoms with Crippen LogP contribution in [0, 0.1) is 25.5 Å². The van der Waals surface area contributed by atoms with E-state index in [-0.39, 0.29) is 41.9 Å². The maximum atomic E-state index is 15.8. The molecule has 0 unspecified atom stereocenters. The minimum atomic E-state index is -1.28. The summed E-state index contributed by atoms with van der Waals surface area (Å²) in [7, 11) is 0. The number of halogens is 4. The van der Waals surface area contributed by atoms with Crippen LogP contribution in [0.15, 0.2) is 47.7 Å². The number of nitrogens with zero attached hydrogens (tertiary/aromatic N) is 6. The van der Waals surface area contributed by atoms with E-state index >= 15 is 4.39 Å². The average molecular weight is 584 g/mol. The second-order valence-electron chi connectivity index (χ2n) is 11.0. The highest BCUT2D eigenvalue weighted by Gasteiger charge is 2.44. The monoisotopic (exact) mass is 583 g/mol. The number of hydrogen-bond acceptors (Lipinski definition) is 4. The number of alkyl halides is 1. The van der Waals surface area contributed by atoms with Gasteiger partial charge in [-0.15, -0.1) is 12.4 Å². The molecule has 1 fully saturated rings. The third kappa shape index (κ3) is 4.29. The molecule has 7 rings (SSSR count). The Labute approximate surface area is 239 Å². The molecule has 1 aliphatic heterocycles. The van der Waals surface area contributed by atoms with Gasteiger partial charge in [0.2, 0.25) is 0 Å². The van der Waals surface area contributed by atoms with Gasteiger partial charge in [0.05, 0.1) is 40.7 Å². The van der Waals surface area contributed by atoms with Gasteiger partial charge in [0.15, 0.2) is 5.82 Å². The lowest BCUT2D eigenvalue weighted by Gasteiger charge is -2.21. The van der Waals surface area contributed by atoms with Crippen molar-refractivity contribution in [2.24, 2.45) is 0 Å². The largest absolute Gasteiger partial charge is 0.338 e. The van der Waals surface area contributed by atoms with E-state index in [2.05, 4.69) is 10.4 Å². The number of benzene rings is 2. The zero-order valence-corrected chi connectivity index (χ0v) is 23.6. The molecule has 1 aliphatic carbocycles. The second kappa shape index (κ2) is 9.63. The Balaban J connectivity index is 0.00000302. The van der Waals surface area contributed by atoms with Crippen LogP contribution in [0.5, 0.6) is 0 Å². The van der Waals surface area contributed by atoms with Crippen molar-refractivity contribution < 1.29 is 13.2 Å². The van der Waals surface area contributed by atoms with Crippen molar-refractivity contribution in [2.75, 3.05) is 6.54 Å². The molecule has 0 radical (unpaired) electrons. The van der Waals surface area contributed by atoms with Crippen molar-refractivity contribution in [3.63, 3.8) is 0 Å². The zero-order chi connectivity index (χ0) is 27.9. The second-order valence-corrected chi connectivity index (χ2v) is 11.0. The van der Waals surface area contributed by atoms with Crippen LogP contribution >= 0.6 is 12.4 Å². The molecule has 5 aromatic rings. The molecule has 3 aromatic heterocycles. The fourth-order valence-corrected chi connectivity index (χ4v) is 5.76. The molecule has 41 heavy (non-hydrogen) atoms. The van der Waals surface area contributed by atoms with Crippen LogP contribution in [0.3, 0.4) is 0 Å². The first-order chi connectivity index (χ1) is 19.1. The summed E-state index contributed by atoms with van der Waals surface area (Å²) in [6.07, 6.45) is 6.10. The van der Waals surface area contributed by atoms with E-state index in [0.717, 1.165) is 17.8 Å². The van der Waals surface area contributed by atoms with E-state index in [1.54, 1.807) is 42.9 Å². The molecule has 214 valence electrons. The van der Waals surface area contributed by atoms with Crippen LogP contribution < -0.4 is 11.0 Å². The summed E-state index contributed by atoms with van der Waals surface area (Å²) in [5, 5.41) is 12.7. The summed E-state index contributed by atoms with van der Waals surface area (Å²) in [6.45, 7) is 6.21. The molecule has 8 nitrogen and oxygen atoms in total. The van der Waals surface area contributed by atoms with Gasteiger partial charge in [-0.3, -0.25) is 13.8 Å². The SMILES string of the molecule is Cc1cc(-n2nc3c(c2-n2ccn(-c4ccc5c(cnn5CC5(F)CC5)c4F)c2=O)[C@H](C)NCC3)cc(C)c1F.Cl. The highest BCUT2D eigenvalue weighted by Crippen LogP contribution is 2.41. The number of hydrogen-bond donors (Lipinski definition) is 1. The van der Waals surface area contributed by atoms with E-state index in [1.165, 1.54) is 32.3 Å². The smallest absolute Gasteiger partial charge is 0.310 e. The maximum absolute atomic E-state index is 15.8. The van der Waals surface area contributed by atoms with Gasteiger partial charge >= 0.3 is 5.69 Å². The number of aryl methyl sites for hydroxylation is 2. The Hall–Kier alpha value is -3.83. The van der Waals surface area contributed by atoms with Gasteiger partial charge in [-0.2, -0.15) is 10.2 Å². The fraction of sp³-hybridized carbons (Fsp3) is 0.345. The molecule has 2 aliphatic rings. The lowest BCUT2D eigenvalue weighted by Crippen LogP contribution is -2.30. The fourth-order valence-electron chi connectivity index (χ4n) is 5.76. The summed E-state index contributed by atoms with van der Waals surface area (Å²) < 4.78 is 50.5. The van der Waals surface area contributed by atoms with Crippen molar-refractivity contribution in [1.29, 1.82) is 0 Å². The highest BCUT2D eigenvalue weighted by molar-refractivity contribution is 5.85. The summed E-state index contributed by atoms with van der Waals surface area (Å²) in [4.78, 5) is 13.9. The summed E-state index contributed by atoms with van der Waals surface area (Å²) >= 11 is 0. The first kappa shape index (κ1) is 27.3. The van der Waals surface area contributed by atoms with Gasteiger partial charge in [-0.25, -0.2) is 22.6 Å². The van der Waals surface area contributed by atoms with Crippen LogP contribution in [0.2, 0.25) is 0 Å². The van der Waals surface area contributed by atoms with E-state index in [0.29, 0.717) is 47.4 Å². The lowest BCUT2D eigenvalue weighted by atomic mass is 10.0. The van der Waals surface area contributed by atoms with Crippen molar-refractivity contribution in [2.45, 2.75) is 58.3 Å². The lowest BCUT2D eigenvalue weighted by molar-refractivity contribution is 0.264. The molecule has 0 amide bonds. The Morgan fingerprint density at radius 2 is 1.78 bits per heavy atom. The van der Waals surface area contributed by atoms with Gasteiger partial charge < -0.3 is 5.32 Å². The normalized spacial score (nSPS) is 17.5. The maximum Gasteiger partial charge on any atom is 0.338 e. The Bertz CT molecular complexity index is 1860. The minimum absolute atomic E-state index is 0. The minimum Gasteiger partial charge on any atom is -0.310 e. The van der Waals surface area contributed by atoms with Crippen LogP contribution in [0.25, 0.3) is 28.1 Å². The Kier molecular flexibility index (Phi) is 6.42. The zero-order valence-electron chi connectivity index (χ0n) is 22.8. The molecule has 1 saturated carbocycles. The number of rotatable bonds is 5. The van der Waals surface area contributed by atoms with Crippen LogP contribution in [0.1, 0.15) is 48.2 Å². The molecule has 12 heteroatoms. The average Bonchev–Trinajstić information content (AvgIpc) is 3.22. The molecule has 0 bridgehead atoms. The van der Waals surface area contributed by atoms with E-state index in [1.807, 2.05) is 6.92 Å². The van der Waals surface area contributed by atoms with Crippen LogP contribution in [0.4, 0.5) is 13.2 Å². The van der Waals surface area contributed by atoms with E-state index in [9.17, 15) is 13.6 Å². The predicted molar refractivity (Wildman–Crippen MR) is 152 cm³/mol. The Morgan fingerprint density at radius 3 is 2.49 bits per heavy atom. The number of aromatic nitrogens is 6. The number of fused-ring (bicyclic) bond motifs is 2. The molecule has 4 heterocycles. The van der Waals surface area contributed by atoms with Gasteiger partial charge in [-0.1, -0.05) is 0 Å². The predicted octanol–water partition coefficient (Wildman–Crippen LogP) is 5.19. The molecule has 0 spiro atoms. The highest BCUT2D eigenvalue weighted by atomic mass is 35.5. The van der Waals surface area contributed by atoms with Gasteiger partial charge in [0.1, 0.15) is 17.3 Å². The quantitative estimate of drug-likeness (QED) is 0.309. The van der Waals surface area contributed by atoms with Gasteiger partial charge in [-0.05, 0) is 69.0 Å². The molecular formula is C29H29ClF3N7O. The summed E-state index contributed by atoms with van der Waals surface area (Å²) in [5.74, 6) is -0.368.